The number of unbranched alkanes of at least 4 members (excludes halogenated alkanes) is 5. The molecule has 19 heavy (non-hydrogen) atoms. The van der Waals surface area contributed by atoms with Gasteiger partial charge in [0, 0.05) is 13.2 Å². The van der Waals surface area contributed by atoms with Crippen LogP contribution in [-0.2, 0) is 9.68 Å². The third-order valence-corrected chi connectivity index (χ3v) is 2.77. The lowest BCUT2D eigenvalue weighted by Crippen LogP contribution is -2.26. The number of aliphatic hydroxyl groups excluding tert-OH is 2. The van der Waals surface area contributed by atoms with E-state index in [1.165, 1.54) is 0 Å². The minimum absolute atomic E-state index is 0.251. The van der Waals surface area contributed by atoms with Gasteiger partial charge in [-0.3, -0.25) is 9.68 Å². The van der Waals surface area contributed by atoms with Crippen LogP contribution >= 0.6 is 0 Å². The second kappa shape index (κ2) is 15.9. The summed E-state index contributed by atoms with van der Waals surface area (Å²) in [5.41, 5.74) is 0. The smallest absolute Gasteiger partial charge is 0.0711 e. The number of rotatable bonds is 15. The van der Waals surface area contributed by atoms with Gasteiger partial charge in [-0.15, -0.1) is 0 Å². The first-order valence-corrected chi connectivity index (χ1v) is 7.60. The molecule has 0 heterocycles. The van der Waals surface area contributed by atoms with E-state index in [0.29, 0.717) is 13.2 Å². The summed E-state index contributed by atoms with van der Waals surface area (Å²) < 4.78 is 0. The van der Waals surface area contributed by atoms with E-state index in [9.17, 15) is 0 Å². The molecule has 2 N–H and O–H groups in total. The van der Waals surface area contributed by atoms with Crippen molar-refractivity contribution in [2.75, 3.05) is 33.0 Å². The summed E-state index contributed by atoms with van der Waals surface area (Å²) >= 11 is 0. The largest absolute Gasteiger partial charge is 0.396 e. The molecule has 116 valence electrons. The fraction of sp³-hybridized carbons (Fsp3) is 1.00. The highest BCUT2D eigenvalue weighted by atomic mass is 16.9. The maximum absolute atomic E-state index is 8.68. The van der Waals surface area contributed by atoms with Gasteiger partial charge in [0.2, 0.25) is 0 Å². The van der Waals surface area contributed by atoms with Crippen molar-refractivity contribution in [1.82, 2.24) is 5.23 Å². The van der Waals surface area contributed by atoms with Gasteiger partial charge < -0.3 is 10.2 Å². The maximum atomic E-state index is 8.68. The summed E-state index contributed by atoms with van der Waals surface area (Å²) in [6.07, 6.45) is 7.67. The van der Waals surface area contributed by atoms with Gasteiger partial charge in [-0.1, -0.05) is 18.6 Å². The summed E-state index contributed by atoms with van der Waals surface area (Å²) in [7, 11) is 0. The van der Waals surface area contributed by atoms with Gasteiger partial charge in [0.1, 0.15) is 0 Å². The minimum Gasteiger partial charge on any atom is -0.396 e. The van der Waals surface area contributed by atoms with Crippen LogP contribution in [0.3, 0.4) is 0 Å². The number of hydrogen-bond acceptors (Lipinski definition) is 5. The highest BCUT2D eigenvalue weighted by Crippen LogP contribution is 2.03. The van der Waals surface area contributed by atoms with Crippen LogP contribution in [0, 0.1) is 0 Å². The molecule has 0 amide bonds. The summed E-state index contributed by atoms with van der Waals surface area (Å²) in [5.74, 6) is 0. The van der Waals surface area contributed by atoms with Crippen LogP contribution in [0.25, 0.3) is 0 Å². The Hall–Kier alpha value is -0.200. The van der Waals surface area contributed by atoms with Crippen molar-refractivity contribution in [3.05, 3.63) is 0 Å². The molecule has 5 nitrogen and oxygen atoms in total. The van der Waals surface area contributed by atoms with Crippen molar-refractivity contribution in [2.45, 2.75) is 58.3 Å². The lowest BCUT2D eigenvalue weighted by atomic mass is 10.2. The average Bonchev–Trinajstić information content (AvgIpc) is 2.43. The minimum atomic E-state index is 0.251. The zero-order valence-corrected chi connectivity index (χ0v) is 12.4. The third-order valence-electron chi connectivity index (χ3n) is 2.77. The zero-order chi connectivity index (χ0) is 14.2. The van der Waals surface area contributed by atoms with Gasteiger partial charge in [0.25, 0.3) is 0 Å². The first kappa shape index (κ1) is 18.8. The molecule has 0 bridgehead atoms. The summed E-state index contributed by atoms with van der Waals surface area (Å²) in [6, 6.07) is 0. The maximum Gasteiger partial charge on any atom is 0.0711 e. The normalized spacial score (nSPS) is 11.4. The Balaban J connectivity index is 3.57. The molecule has 0 atom stereocenters. The molecule has 0 saturated heterocycles. The summed E-state index contributed by atoms with van der Waals surface area (Å²) in [6.45, 7) is 4.71. The number of hydrogen-bond donors (Lipinski definition) is 2. The van der Waals surface area contributed by atoms with Gasteiger partial charge in [-0.05, 0) is 44.9 Å². The lowest BCUT2D eigenvalue weighted by molar-refractivity contribution is -0.369. The third kappa shape index (κ3) is 14.0. The highest BCUT2D eigenvalue weighted by Gasteiger charge is 2.05. The summed E-state index contributed by atoms with van der Waals surface area (Å²) in [5, 5.41) is 19.0. The van der Waals surface area contributed by atoms with E-state index in [2.05, 4.69) is 6.92 Å². The quantitative estimate of drug-likeness (QED) is 0.355. The first-order chi connectivity index (χ1) is 9.35. The average molecular weight is 277 g/mol. The molecule has 0 radical (unpaired) electrons. The molecule has 0 aliphatic carbocycles. The van der Waals surface area contributed by atoms with Gasteiger partial charge in [0.05, 0.1) is 19.8 Å². The topological polar surface area (TPSA) is 62.2 Å². The second-order valence-electron chi connectivity index (χ2n) is 4.64. The Morgan fingerprint density at radius 3 is 1.68 bits per heavy atom. The van der Waals surface area contributed by atoms with Crippen LogP contribution < -0.4 is 0 Å². The molecule has 0 rings (SSSR count). The fourth-order valence-corrected chi connectivity index (χ4v) is 1.57. The van der Waals surface area contributed by atoms with Crippen LogP contribution in [0.2, 0.25) is 0 Å². The molecule has 0 saturated carbocycles. The predicted molar refractivity (Wildman–Crippen MR) is 75.4 cm³/mol. The Bertz CT molecular complexity index is 156. The molecule has 0 unspecified atom stereocenters. The Labute approximate surface area is 117 Å². The number of nitrogens with zero attached hydrogens (tertiary/aromatic N) is 1. The highest BCUT2D eigenvalue weighted by molar-refractivity contribution is 4.41. The molecule has 0 aromatic heterocycles. The van der Waals surface area contributed by atoms with Crippen LogP contribution in [0.15, 0.2) is 0 Å². The standard InChI is InChI=1S/C14H31NO4/c1-2-3-10-15(18-13-8-4-6-11-16)19-14-9-5-7-12-17/h16-17H,2-14H2,1H3. The van der Waals surface area contributed by atoms with E-state index in [1.54, 1.807) is 5.23 Å². The van der Waals surface area contributed by atoms with Crippen molar-refractivity contribution in [3.63, 3.8) is 0 Å². The van der Waals surface area contributed by atoms with Crippen molar-refractivity contribution in [2.24, 2.45) is 0 Å². The Morgan fingerprint density at radius 2 is 1.26 bits per heavy atom. The molecule has 0 aliphatic heterocycles. The molecular weight excluding hydrogens is 246 g/mol. The predicted octanol–water partition coefficient (Wildman–Crippen LogP) is 2.28. The van der Waals surface area contributed by atoms with E-state index in [0.717, 1.165) is 57.9 Å². The van der Waals surface area contributed by atoms with E-state index < -0.39 is 0 Å². The van der Waals surface area contributed by atoms with E-state index in [-0.39, 0.29) is 13.2 Å². The molecule has 0 aliphatic rings. The second-order valence-corrected chi connectivity index (χ2v) is 4.64. The van der Waals surface area contributed by atoms with Gasteiger partial charge in [-0.2, -0.15) is 0 Å². The molecule has 0 spiro atoms. The van der Waals surface area contributed by atoms with E-state index in [4.69, 9.17) is 19.9 Å². The van der Waals surface area contributed by atoms with Crippen molar-refractivity contribution >= 4 is 0 Å². The molecule has 0 fully saturated rings. The summed E-state index contributed by atoms with van der Waals surface area (Å²) in [4.78, 5) is 11.2. The van der Waals surface area contributed by atoms with Gasteiger partial charge >= 0.3 is 0 Å². The van der Waals surface area contributed by atoms with Crippen molar-refractivity contribution in [1.29, 1.82) is 0 Å². The molecule has 5 heteroatoms. The number of aliphatic hydroxyl groups is 2. The lowest BCUT2D eigenvalue weighted by Gasteiger charge is -2.20. The van der Waals surface area contributed by atoms with Crippen LogP contribution in [0.1, 0.15) is 58.3 Å². The molecule has 0 aromatic carbocycles. The van der Waals surface area contributed by atoms with Crippen LogP contribution in [-0.4, -0.2) is 48.4 Å². The molecule has 0 aromatic rings. The van der Waals surface area contributed by atoms with E-state index >= 15 is 0 Å². The number of hydroxylamine groups is 2. The monoisotopic (exact) mass is 277 g/mol. The van der Waals surface area contributed by atoms with Gasteiger partial charge in [-0.25, -0.2) is 0 Å². The first-order valence-electron chi connectivity index (χ1n) is 7.60. The van der Waals surface area contributed by atoms with Crippen molar-refractivity contribution in [3.8, 4) is 0 Å². The fourth-order valence-electron chi connectivity index (χ4n) is 1.57. The van der Waals surface area contributed by atoms with E-state index in [1.807, 2.05) is 0 Å². The zero-order valence-electron chi connectivity index (χ0n) is 12.4. The van der Waals surface area contributed by atoms with Crippen LogP contribution in [0.4, 0.5) is 0 Å². The van der Waals surface area contributed by atoms with Crippen LogP contribution in [0.5, 0.6) is 0 Å². The Kier molecular flexibility index (Phi) is 15.7. The van der Waals surface area contributed by atoms with Crippen molar-refractivity contribution < 1.29 is 19.9 Å². The van der Waals surface area contributed by atoms with Gasteiger partial charge in [0.15, 0.2) is 0 Å². The Morgan fingerprint density at radius 1 is 0.737 bits per heavy atom. The molecular formula is C14H31NO4. The SMILES string of the molecule is CCCCN(OCCCCCO)OCCCCCO.